The van der Waals surface area contributed by atoms with E-state index in [1.54, 1.807) is 36.4 Å². The van der Waals surface area contributed by atoms with E-state index in [2.05, 4.69) is 10.3 Å². The number of aromatic hydroxyl groups is 1. The van der Waals surface area contributed by atoms with Gasteiger partial charge in [0.05, 0.1) is 5.69 Å². The SMILES string of the molecule is CCNc1cc(-c2cccc(F)c2F)cc(-c2ccccc2O)n1. The second kappa shape index (κ2) is 6.66. The molecular formula is C19H16F2N2O. The van der Waals surface area contributed by atoms with Crippen molar-refractivity contribution in [3.8, 4) is 28.1 Å². The Labute approximate surface area is 138 Å². The maximum atomic E-state index is 14.2. The molecule has 3 nitrogen and oxygen atoms in total. The summed E-state index contributed by atoms with van der Waals surface area (Å²) in [5.74, 6) is -1.21. The van der Waals surface area contributed by atoms with Gasteiger partial charge in [-0.25, -0.2) is 13.8 Å². The number of phenolic OH excluding ortho intramolecular Hbond substituents is 1. The number of benzene rings is 2. The number of phenols is 1. The molecule has 0 aliphatic heterocycles. The van der Waals surface area contributed by atoms with E-state index in [1.165, 1.54) is 12.1 Å². The van der Waals surface area contributed by atoms with Crippen LogP contribution in [0.3, 0.4) is 0 Å². The van der Waals surface area contributed by atoms with Crippen LogP contribution in [0.15, 0.2) is 54.6 Å². The zero-order valence-corrected chi connectivity index (χ0v) is 13.1. The quantitative estimate of drug-likeness (QED) is 0.722. The van der Waals surface area contributed by atoms with Gasteiger partial charge in [0.15, 0.2) is 11.6 Å². The number of halogens is 2. The van der Waals surface area contributed by atoms with Crippen molar-refractivity contribution in [2.75, 3.05) is 11.9 Å². The van der Waals surface area contributed by atoms with Crippen molar-refractivity contribution in [2.45, 2.75) is 6.92 Å². The van der Waals surface area contributed by atoms with Crippen LogP contribution in [-0.4, -0.2) is 16.6 Å². The lowest BCUT2D eigenvalue weighted by atomic mass is 10.0. The van der Waals surface area contributed by atoms with Gasteiger partial charge in [0.25, 0.3) is 0 Å². The number of hydrogen-bond acceptors (Lipinski definition) is 3. The summed E-state index contributed by atoms with van der Waals surface area (Å²) in [5, 5.41) is 13.1. The fourth-order valence-electron chi connectivity index (χ4n) is 2.51. The Morgan fingerprint density at radius 2 is 1.75 bits per heavy atom. The highest BCUT2D eigenvalue weighted by atomic mass is 19.2. The molecule has 24 heavy (non-hydrogen) atoms. The van der Waals surface area contributed by atoms with Gasteiger partial charge in [0.2, 0.25) is 0 Å². The third-order valence-corrected chi connectivity index (χ3v) is 3.63. The number of anilines is 1. The average molecular weight is 326 g/mol. The molecule has 0 amide bonds. The summed E-state index contributed by atoms with van der Waals surface area (Å²) in [6.07, 6.45) is 0. The topological polar surface area (TPSA) is 45.1 Å². The van der Waals surface area contributed by atoms with Crippen LogP contribution in [0.4, 0.5) is 14.6 Å². The molecule has 0 fully saturated rings. The fraction of sp³-hybridized carbons (Fsp3) is 0.105. The minimum absolute atomic E-state index is 0.0734. The first-order chi connectivity index (χ1) is 11.6. The second-order valence-corrected chi connectivity index (χ2v) is 5.28. The molecular weight excluding hydrogens is 310 g/mol. The summed E-state index contributed by atoms with van der Waals surface area (Å²) in [7, 11) is 0. The van der Waals surface area contributed by atoms with E-state index in [-0.39, 0.29) is 11.3 Å². The van der Waals surface area contributed by atoms with Crippen molar-refractivity contribution in [2.24, 2.45) is 0 Å². The van der Waals surface area contributed by atoms with E-state index in [0.29, 0.717) is 29.2 Å². The first kappa shape index (κ1) is 15.9. The van der Waals surface area contributed by atoms with E-state index < -0.39 is 11.6 Å². The van der Waals surface area contributed by atoms with Crippen LogP contribution >= 0.6 is 0 Å². The molecule has 0 aliphatic carbocycles. The number of nitrogens with zero attached hydrogens (tertiary/aromatic N) is 1. The normalized spacial score (nSPS) is 10.6. The van der Waals surface area contributed by atoms with Gasteiger partial charge in [-0.1, -0.05) is 24.3 Å². The van der Waals surface area contributed by atoms with Gasteiger partial charge in [0.1, 0.15) is 11.6 Å². The monoisotopic (exact) mass is 326 g/mol. The van der Waals surface area contributed by atoms with Gasteiger partial charge in [-0.2, -0.15) is 0 Å². The van der Waals surface area contributed by atoms with Gasteiger partial charge in [-0.05, 0) is 42.8 Å². The maximum absolute atomic E-state index is 14.2. The molecule has 0 saturated carbocycles. The number of para-hydroxylation sites is 1. The lowest BCUT2D eigenvalue weighted by Crippen LogP contribution is -2.01. The molecule has 0 saturated heterocycles. The number of nitrogens with one attached hydrogen (secondary N) is 1. The summed E-state index contributed by atoms with van der Waals surface area (Å²) < 4.78 is 27.7. The molecule has 0 aliphatic rings. The van der Waals surface area contributed by atoms with Crippen molar-refractivity contribution < 1.29 is 13.9 Å². The fourth-order valence-corrected chi connectivity index (χ4v) is 2.51. The van der Waals surface area contributed by atoms with Crippen molar-refractivity contribution >= 4 is 5.82 Å². The first-order valence-electron chi connectivity index (χ1n) is 7.59. The highest BCUT2D eigenvalue weighted by Gasteiger charge is 2.14. The molecule has 1 heterocycles. The van der Waals surface area contributed by atoms with Crippen molar-refractivity contribution in [3.05, 3.63) is 66.2 Å². The zero-order valence-electron chi connectivity index (χ0n) is 13.1. The summed E-state index contributed by atoms with van der Waals surface area (Å²) in [4.78, 5) is 4.44. The van der Waals surface area contributed by atoms with Crippen LogP contribution in [0.2, 0.25) is 0 Å². The Kier molecular flexibility index (Phi) is 4.42. The lowest BCUT2D eigenvalue weighted by molar-refractivity contribution is 0.477. The van der Waals surface area contributed by atoms with E-state index in [0.717, 1.165) is 6.07 Å². The maximum Gasteiger partial charge on any atom is 0.166 e. The largest absolute Gasteiger partial charge is 0.507 e. The molecule has 1 aromatic heterocycles. The van der Waals surface area contributed by atoms with Crippen molar-refractivity contribution in [1.82, 2.24) is 4.98 Å². The van der Waals surface area contributed by atoms with Gasteiger partial charge < -0.3 is 10.4 Å². The third kappa shape index (κ3) is 3.06. The molecule has 0 spiro atoms. The van der Waals surface area contributed by atoms with E-state index in [9.17, 15) is 13.9 Å². The Balaban J connectivity index is 2.20. The first-order valence-corrected chi connectivity index (χ1v) is 7.59. The molecule has 5 heteroatoms. The number of rotatable bonds is 4. The highest BCUT2D eigenvalue weighted by Crippen LogP contribution is 2.33. The molecule has 0 bridgehead atoms. The number of hydrogen-bond donors (Lipinski definition) is 2. The number of pyridine rings is 1. The van der Waals surface area contributed by atoms with Crippen LogP contribution in [0.5, 0.6) is 5.75 Å². The Morgan fingerprint density at radius 3 is 2.50 bits per heavy atom. The summed E-state index contributed by atoms with van der Waals surface area (Å²) in [5.41, 5.74) is 1.63. The molecule has 3 aromatic rings. The summed E-state index contributed by atoms with van der Waals surface area (Å²) in [6, 6.07) is 14.1. The molecule has 122 valence electrons. The molecule has 0 radical (unpaired) electrons. The van der Waals surface area contributed by atoms with Crippen molar-refractivity contribution in [1.29, 1.82) is 0 Å². The van der Waals surface area contributed by atoms with Gasteiger partial charge in [0, 0.05) is 17.7 Å². The highest BCUT2D eigenvalue weighted by molar-refractivity contribution is 5.76. The van der Waals surface area contributed by atoms with E-state index in [1.807, 2.05) is 6.92 Å². The van der Waals surface area contributed by atoms with E-state index in [4.69, 9.17) is 0 Å². The Hall–Kier alpha value is -2.95. The predicted molar refractivity (Wildman–Crippen MR) is 90.9 cm³/mol. The van der Waals surface area contributed by atoms with Crippen LogP contribution in [0, 0.1) is 11.6 Å². The van der Waals surface area contributed by atoms with Crippen LogP contribution in [0.25, 0.3) is 22.4 Å². The minimum atomic E-state index is -0.908. The molecule has 2 aromatic carbocycles. The lowest BCUT2D eigenvalue weighted by Gasteiger charge is -2.12. The van der Waals surface area contributed by atoms with E-state index >= 15 is 0 Å². The van der Waals surface area contributed by atoms with Crippen molar-refractivity contribution in [3.63, 3.8) is 0 Å². The Morgan fingerprint density at radius 1 is 1.00 bits per heavy atom. The summed E-state index contributed by atoms with van der Waals surface area (Å²) in [6.45, 7) is 2.54. The smallest absolute Gasteiger partial charge is 0.166 e. The van der Waals surface area contributed by atoms with Crippen LogP contribution < -0.4 is 5.32 Å². The second-order valence-electron chi connectivity index (χ2n) is 5.28. The average Bonchev–Trinajstić information content (AvgIpc) is 2.58. The summed E-state index contributed by atoms with van der Waals surface area (Å²) >= 11 is 0. The number of aromatic nitrogens is 1. The van der Waals surface area contributed by atoms with Crippen LogP contribution in [0.1, 0.15) is 6.92 Å². The minimum Gasteiger partial charge on any atom is -0.507 e. The Bertz CT molecular complexity index is 881. The molecule has 0 atom stereocenters. The van der Waals surface area contributed by atoms with Gasteiger partial charge in [-0.15, -0.1) is 0 Å². The van der Waals surface area contributed by atoms with Gasteiger partial charge >= 0.3 is 0 Å². The predicted octanol–water partition coefficient (Wildman–Crippen LogP) is 4.83. The zero-order chi connectivity index (χ0) is 17.1. The van der Waals surface area contributed by atoms with Crippen LogP contribution in [-0.2, 0) is 0 Å². The third-order valence-electron chi connectivity index (χ3n) is 3.63. The van der Waals surface area contributed by atoms with Gasteiger partial charge in [-0.3, -0.25) is 0 Å². The standard InChI is InChI=1S/C19H16F2N2O/c1-2-22-18-11-12(13-7-5-8-15(20)19(13)21)10-16(23-18)14-6-3-4-9-17(14)24/h3-11,24H,2H2,1H3,(H,22,23). The molecule has 0 unspecified atom stereocenters. The molecule has 2 N–H and O–H groups in total. The molecule has 3 rings (SSSR count).